The quantitative estimate of drug-likeness (QED) is 0.820. The van der Waals surface area contributed by atoms with Crippen LogP contribution in [0.5, 0.6) is 5.75 Å². The molecular formula is C14H13BrO3S. The summed E-state index contributed by atoms with van der Waals surface area (Å²) >= 11 is 4.73. The second-order valence-electron chi connectivity index (χ2n) is 3.93. The number of aliphatic hydroxyl groups is 1. The summed E-state index contributed by atoms with van der Waals surface area (Å²) < 4.78 is 6.26. The maximum atomic E-state index is 11.9. The van der Waals surface area contributed by atoms with Crippen molar-refractivity contribution in [2.45, 2.75) is 6.42 Å². The summed E-state index contributed by atoms with van der Waals surface area (Å²) in [5.41, 5.74) is 1.04. The number of carbonyl (C=O) groups is 1. The first-order valence-electron chi connectivity index (χ1n) is 5.79. The summed E-state index contributed by atoms with van der Waals surface area (Å²) in [5, 5.41) is 10.7. The summed E-state index contributed by atoms with van der Waals surface area (Å²) in [6.45, 7) is 0.156. The van der Waals surface area contributed by atoms with Gasteiger partial charge in [0.2, 0.25) is 5.78 Å². The summed E-state index contributed by atoms with van der Waals surface area (Å²) in [5.74, 6) is 0.615. The van der Waals surface area contributed by atoms with Gasteiger partial charge < -0.3 is 9.84 Å². The van der Waals surface area contributed by atoms with Gasteiger partial charge in [0, 0.05) is 11.1 Å². The molecule has 1 N–H and O–H groups in total. The molecule has 19 heavy (non-hydrogen) atoms. The second-order valence-corrected chi connectivity index (χ2v) is 5.70. The van der Waals surface area contributed by atoms with Crippen molar-refractivity contribution in [3.05, 3.63) is 50.6 Å². The average molecular weight is 341 g/mol. The Bertz CT molecular complexity index is 548. The summed E-state index contributed by atoms with van der Waals surface area (Å²) in [4.78, 5) is 12.6. The topological polar surface area (TPSA) is 46.5 Å². The predicted molar refractivity (Wildman–Crippen MR) is 79.1 cm³/mol. The lowest BCUT2D eigenvalue weighted by atomic mass is 10.1. The highest BCUT2D eigenvalue weighted by Gasteiger charge is 2.12. The van der Waals surface area contributed by atoms with E-state index in [1.165, 1.54) is 11.3 Å². The van der Waals surface area contributed by atoms with Crippen molar-refractivity contribution >= 4 is 33.0 Å². The van der Waals surface area contributed by atoms with Crippen LogP contribution in [0.4, 0.5) is 0 Å². The number of rotatable bonds is 6. The average Bonchev–Trinajstić information content (AvgIpc) is 2.84. The van der Waals surface area contributed by atoms with Crippen LogP contribution in [0.25, 0.3) is 0 Å². The number of Topliss-reactive ketones (excluding diaryl/α,β-unsaturated/α-hetero) is 1. The molecule has 2 rings (SSSR count). The first-order valence-corrected chi connectivity index (χ1v) is 7.47. The first kappa shape index (κ1) is 14.2. The Morgan fingerprint density at radius 1 is 1.26 bits per heavy atom. The number of halogens is 1. The molecule has 1 heterocycles. The zero-order valence-electron chi connectivity index (χ0n) is 10.1. The number of hydrogen-bond acceptors (Lipinski definition) is 4. The first-order chi connectivity index (χ1) is 9.20. The molecule has 0 unspecified atom stereocenters. The van der Waals surface area contributed by atoms with Gasteiger partial charge in [-0.2, -0.15) is 0 Å². The Hall–Kier alpha value is -1.17. The maximum Gasteiger partial charge on any atom is 0.211 e. The number of ether oxygens (including phenoxy) is 1. The SMILES string of the molecule is O=C(COc1ccc(CCO)cc1)c1sccc1Br. The molecule has 1 aromatic carbocycles. The van der Waals surface area contributed by atoms with Gasteiger partial charge in [-0.25, -0.2) is 0 Å². The number of benzene rings is 1. The second kappa shape index (κ2) is 6.84. The molecule has 0 aliphatic rings. The molecule has 0 fully saturated rings. The molecule has 5 heteroatoms. The van der Waals surface area contributed by atoms with Gasteiger partial charge in [0.15, 0.2) is 6.61 Å². The lowest BCUT2D eigenvalue weighted by Crippen LogP contribution is -2.10. The van der Waals surface area contributed by atoms with Crippen LogP contribution in [0.3, 0.4) is 0 Å². The van der Waals surface area contributed by atoms with E-state index in [0.29, 0.717) is 17.0 Å². The van der Waals surface area contributed by atoms with Gasteiger partial charge in [-0.05, 0) is 51.5 Å². The van der Waals surface area contributed by atoms with Gasteiger partial charge in [-0.3, -0.25) is 4.79 Å². The largest absolute Gasteiger partial charge is 0.485 e. The van der Waals surface area contributed by atoms with E-state index in [1.807, 2.05) is 35.7 Å². The van der Waals surface area contributed by atoms with E-state index < -0.39 is 0 Å². The van der Waals surface area contributed by atoms with Crippen molar-refractivity contribution in [1.82, 2.24) is 0 Å². The van der Waals surface area contributed by atoms with Crippen molar-refractivity contribution in [3.63, 3.8) is 0 Å². The van der Waals surface area contributed by atoms with Gasteiger partial charge in [-0.1, -0.05) is 12.1 Å². The molecule has 100 valence electrons. The van der Waals surface area contributed by atoms with E-state index in [-0.39, 0.29) is 19.0 Å². The summed E-state index contributed by atoms with van der Waals surface area (Å²) in [7, 11) is 0. The van der Waals surface area contributed by atoms with Crippen molar-refractivity contribution < 1.29 is 14.6 Å². The standard InChI is InChI=1S/C14H13BrO3S/c15-12-6-8-19-14(12)13(17)9-18-11-3-1-10(2-4-11)5-7-16/h1-4,6,8,16H,5,7,9H2. The number of hydrogen-bond donors (Lipinski definition) is 1. The smallest absolute Gasteiger partial charge is 0.211 e. The fraction of sp³-hybridized carbons (Fsp3) is 0.214. The minimum Gasteiger partial charge on any atom is -0.485 e. The van der Waals surface area contributed by atoms with Gasteiger partial charge >= 0.3 is 0 Å². The van der Waals surface area contributed by atoms with Crippen LogP contribution in [0.1, 0.15) is 15.2 Å². The van der Waals surface area contributed by atoms with Crippen LogP contribution >= 0.6 is 27.3 Å². The van der Waals surface area contributed by atoms with Crippen LogP contribution in [-0.2, 0) is 6.42 Å². The fourth-order valence-electron chi connectivity index (χ4n) is 1.59. The van der Waals surface area contributed by atoms with Gasteiger partial charge in [0.05, 0.1) is 4.88 Å². The van der Waals surface area contributed by atoms with Gasteiger partial charge in [0.1, 0.15) is 5.75 Å². The Morgan fingerprint density at radius 2 is 2.00 bits per heavy atom. The normalized spacial score (nSPS) is 10.4. The predicted octanol–water partition coefficient (Wildman–Crippen LogP) is 3.31. The molecule has 0 atom stereocenters. The Morgan fingerprint density at radius 3 is 2.58 bits per heavy atom. The Kier molecular flexibility index (Phi) is 5.13. The van der Waals surface area contributed by atoms with E-state index in [2.05, 4.69) is 15.9 Å². The van der Waals surface area contributed by atoms with E-state index in [0.717, 1.165) is 10.0 Å². The van der Waals surface area contributed by atoms with Crippen molar-refractivity contribution in [2.75, 3.05) is 13.2 Å². The molecule has 1 aromatic heterocycles. The number of thiophene rings is 1. The highest BCUT2D eigenvalue weighted by Crippen LogP contribution is 2.23. The van der Waals surface area contributed by atoms with E-state index >= 15 is 0 Å². The van der Waals surface area contributed by atoms with E-state index in [4.69, 9.17) is 9.84 Å². The molecule has 0 saturated carbocycles. The lowest BCUT2D eigenvalue weighted by molar-refractivity contribution is 0.0925. The van der Waals surface area contributed by atoms with Crippen LogP contribution in [0.15, 0.2) is 40.2 Å². The number of carbonyl (C=O) groups excluding carboxylic acids is 1. The van der Waals surface area contributed by atoms with Gasteiger partial charge in [-0.15, -0.1) is 11.3 Å². The highest BCUT2D eigenvalue weighted by atomic mass is 79.9. The maximum absolute atomic E-state index is 11.9. The Labute approximate surface area is 124 Å². The van der Waals surface area contributed by atoms with Crippen LogP contribution < -0.4 is 4.74 Å². The fourth-order valence-corrected chi connectivity index (χ4v) is 3.11. The Balaban J connectivity index is 1.92. The van der Waals surface area contributed by atoms with Crippen molar-refractivity contribution in [3.8, 4) is 5.75 Å². The number of aliphatic hydroxyl groups excluding tert-OH is 1. The molecule has 0 aliphatic heterocycles. The molecule has 0 saturated heterocycles. The summed E-state index contributed by atoms with van der Waals surface area (Å²) in [6, 6.07) is 9.24. The minimum absolute atomic E-state index is 0.0262. The third-order valence-electron chi connectivity index (χ3n) is 2.56. The molecule has 2 aromatic rings. The van der Waals surface area contributed by atoms with Crippen molar-refractivity contribution in [1.29, 1.82) is 0 Å². The summed E-state index contributed by atoms with van der Waals surface area (Å²) in [6.07, 6.45) is 0.626. The van der Waals surface area contributed by atoms with Crippen LogP contribution in [0.2, 0.25) is 0 Å². The molecule has 0 amide bonds. The lowest BCUT2D eigenvalue weighted by Gasteiger charge is -2.06. The van der Waals surface area contributed by atoms with E-state index in [1.54, 1.807) is 0 Å². The monoisotopic (exact) mass is 340 g/mol. The zero-order chi connectivity index (χ0) is 13.7. The molecule has 3 nitrogen and oxygen atoms in total. The molecule has 0 spiro atoms. The van der Waals surface area contributed by atoms with Crippen molar-refractivity contribution in [2.24, 2.45) is 0 Å². The molecule has 0 radical (unpaired) electrons. The molecule has 0 bridgehead atoms. The molecular weight excluding hydrogens is 328 g/mol. The third-order valence-corrected chi connectivity index (χ3v) is 4.44. The zero-order valence-corrected chi connectivity index (χ0v) is 12.5. The van der Waals surface area contributed by atoms with Crippen LogP contribution in [0, 0.1) is 0 Å². The highest BCUT2D eigenvalue weighted by molar-refractivity contribution is 9.10. The third kappa shape index (κ3) is 3.89. The molecule has 0 aliphatic carbocycles. The minimum atomic E-state index is -0.0405. The van der Waals surface area contributed by atoms with Crippen LogP contribution in [-0.4, -0.2) is 24.1 Å². The number of ketones is 1. The van der Waals surface area contributed by atoms with Gasteiger partial charge in [0.25, 0.3) is 0 Å². The van der Waals surface area contributed by atoms with E-state index in [9.17, 15) is 4.79 Å².